The number of hydrogen-bond acceptors (Lipinski definition) is 3. The molecule has 0 spiro atoms. The molecule has 1 unspecified atom stereocenters. The Morgan fingerprint density at radius 1 is 1.10 bits per heavy atom. The third-order valence-corrected chi connectivity index (χ3v) is 5.71. The fraction of sp³-hybridized carbons (Fsp3) is 0.417. The molecule has 0 bridgehead atoms. The van der Waals surface area contributed by atoms with Gasteiger partial charge in [0.2, 0.25) is 11.8 Å². The largest absolute Gasteiger partial charge is 0.341 e. The average molecular weight is 412 g/mol. The fourth-order valence-corrected chi connectivity index (χ4v) is 3.82. The zero-order chi connectivity index (χ0) is 21.5. The van der Waals surface area contributed by atoms with Crippen molar-refractivity contribution in [3.8, 4) is 11.1 Å². The number of carbonyl (C=O) groups excluding carboxylic acids is 2. The van der Waals surface area contributed by atoms with Crippen molar-refractivity contribution >= 4 is 17.5 Å². The second-order valence-electron chi connectivity index (χ2n) is 7.72. The van der Waals surface area contributed by atoms with Gasteiger partial charge in [-0.2, -0.15) is 0 Å². The summed E-state index contributed by atoms with van der Waals surface area (Å²) in [6, 6.07) is 13.8. The minimum absolute atomic E-state index is 0.0633. The molecule has 160 valence electrons. The van der Waals surface area contributed by atoms with E-state index in [9.17, 15) is 14.0 Å². The Balaban J connectivity index is 1.62. The molecule has 0 aromatic heterocycles. The van der Waals surface area contributed by atoms with Gasteiger partial charge >= 0.3 is 0 Å². The van der Waals surface area contributed by atoms with E-state index in [1.165, 1.54) is 12.1 Å². The van der Waals surface area contributed by atoms with E-state index in [1.807, 2.05) is 43.0 Å². The lowest BCUT2D eigenvalue weighted by atomic mass is 9.96. The minimum atomic E-state index is -0.277. The van der Waals surface area contributed by atoms with Gasteiger partial charge in [-0.05, 0) is 61.3 Å². The number of likely N-dealkylation sites (tertiary alicyclic amines) is 1. The summed E-state index contributed by atoms with van der Waals surface area (Å²) in [5.41, 5.74) is 2.50. The van der Waals surface area contributed by atoms with Crippen LogP contribution in [0, 0.1) is 11.7 Å². The van der Waals surface area contributed by atoms with Crippen molar-refractivity contribution in [3.05, 3.63) is 54.3 Å². The molecule has 0 radical (unpaired) electrons. The maximum absolute atomic E-state index is 13.2. The summed E-state index contributed by atoms with van der Waals surface area (Å²) in [5.74, 6) is -0.462. The molecule has 3 rings (SSSR count). The summed E-state index contributed by atoms with van der Waals surface area (Å²) in [5, 5.41) is 2.99. The number of likely N-dealkylation sites (N-methyl/N-ethyl adjacent to an activating group) is 1. The molecule has 1 saturated heterocycles. The summed E-state index contributed by atoms with van der Waals surface area (Å²) in [7, 11) is 0. The highest BCUT2D eigenvalue weighted by Gasteiger charge is 2.28. The van der Waals surface area contributed by atoms with Crippen molar-refractivity contribution < 1.29 is 14.0 Å². The van der Waals surface area contributed by atoms with Crippen LogP contribution in [0.5, 0.6) is 0 Å². The summed E-state index contributed by atoms with van der Waals surface area (Å²) in [6.45, 7) is 7.34. The number of nitrogens with one attached hydrogen (secondary N) is 1. The van der Waals surface area contributed by atoms with E-state index >= 15 is 0 Å². The lowest BCUT2D eigenvalue weighted by molar-refractivity contribution is -0.135. The first-order valence-electron chi connectivity index (χ1n) is 10.7. The van der Waals surface area contributed by atoms with Gasteiger partial charge in [0.25, 0.3) is 0 Å². The molecule has 1 atom stereocenters. The molecule has 0 saturated carbocycles. The van der Waals surface area contributed by atoms with Gasteiger partial charge in [0.15, 0.2) is 0 Å². The zero-order valence-electron chi connectivity index (χ0n) is 17.7. The average Bonchev–Trinajstić information content (AvgIpc) is 2.78. The van der Waals surface area contributed by atoms with E-state index in [-0.39, 0.29) is 23.5 Å². The predicted molar refractivity (Wildman–Crippen MR) is 118 cm³/mol. The van der Waals surface area contributed by atoms with Crippen molar-refractivity contribution in [1.82, 2.24) is 9.80 Å². The van der Waals surface area contributed by atoms with Gasteiger partial charge in [-0.25, -0.2) is 4.39 Å². The Kier molecular flexibility index (Phi) is 7.57. The number of rotatable bonds is 7. The van der Waals surface area contributed by atoms with Crippen LogP contribution >= 0.6 is 0 Å². The first-order valence-corrected chi connectivity index (χ1v) is 10.7. The third-order valence-electron chi connectivity index (χ3n) is 5.71. The molecule has 2 aromatic carbocycles. The van der Waals surface area contributed by atoms with Crippen LogP contribution in [0.1, 0.15) is 26.7 Å². The number of carbonyl (C=O) groups is 2. The van der Waals surface area contributed by atoms with Crippen molar-refractivity contribution in [3.63, 3.8) is 0 Å². The molecule has 30 heavy (non-hydrogen) atoms. The maximum Gasteiger partial charge on any atom is 0.236 e. The molecule has 0 aliphatic carbocycles. The molecule has 1 fully saturated rings. The lowest BCUT2D eigenvalue weighted by Crippen LogP contribution is -2.47. The predicted octanol–water partition coefficient (Wildman–Crippen LogP) is 4.01. The van der Waals surface area contributed by atoms with E-state index < -0.39 is 0 Å². The molecule has 1 heterocycles. The summed E-state index contributed by atoms with van der Waals surface area (Å²) in [4.78, 5) is 29.4. The molecular formula is C24H30FN3O2. The number of amides is 2. The SMILES string of the molecule is CCN(CC)CC(=O)N1CCCC(C(=O)Nc2cccc(-c3ccc(F)cc3)c2)C1. The van der Waals surface area contributed by atoms with Crippen LogP contribution in [-0.2, 0) is 9.59 Å². The van der Waals surface area contributed by atoms with E-state index in [0.29, 0.717) is 25.3 Å². The van der Waals surface area contributed by atoms with Crippen molar-refractivity contribution in [2.75, 3.05) is 38.0 Å². The summed E-state index contributed by atoms with van der Waals surface area (Å²) in [6.07, 6.45) is 1.61. The molecule has 6 heteroatoms. The molecule has 5 nitrogen and oxygen atoms in total. The highest BCUT2D eigenvalue weighted by Crippen LogP contribution is 2.24. The second kappa shape index (κ2) is 10.3. The van der Waals surface area contributed by atoms with Crippen LogP contribution in [-0.4, -0.2) is 54.3 Å². The van der Waals surface area contributed by atoms with Crippen molar-refractivity contribution in [2.24, 2.45) is 5.92 Å². The minimum Gasteiger partial charge on any atom is -0.341 e. The number of anilines is 1. The van der Waals surface area contributed by atoms with E-state index in [0.717, 1.165) is 37.1 Å². The number of hydrogen-bond donors (Lipinski definition) is 1. The van der Waals surface area contributed by atoms with Crippen LogP contribution in [0.4, 0.5) is 10.1 Å². The molecule has 1 aliphatic rings. The van der Waals surface area contributed by atoms with Crippen LogP contribution in [0.25, 0.3) is 11.1 Å². The zero-order valence-corrected chi connectivity index (χ0v) is 17.7. The second-order valence-corrected chi connectivity index (χ2v) is 7.72. The standard InChI is InChI=1S/C24H30FN3O2/c1-3-27(4-2)17-23(29)28-14-6-8-20(16-28)24(30)26-22-9-5-7-19(15-22)18-10-12-21(25)13-11-18/h5,7,9-13,15,20H,3-4,6,8,14,16-17H2,1-2H3,(H,26,30). The summed E-state index contributed by atoms with van der Waals surface area (Å²) >= 11 is 0. The van der Waals surface area contributed by atoms with Crippen LogP contribution < -0.4 is 5.32 Å². The molecule has 2 aromatic rings. The van der Waals surface area contributed by atoms with E-state index in [4.69, 9.17) is 0 Å². The van der Waals surface area contributed by atoms with Crippen molar-refractivity contribution in [2.45, 2.75) is 26.7 Å². The normalized spacial score (nSPS) is 16.5. The lowest BCUT2D eigenvalue weighted by Gasteiger charge is -2.33. The van der Waals surface area contributed by atoms with Crippen LogP contribution in [0.3, 0.4) is 0 Å². The van der Waals surface area contributed by atoms with Gasteiger partial charge in [-0.15, -0.1) is 0 Å². The Morgan fingerprint density at radius 3 is 2.53 bits per heavy atom. The third kappa shape index (κ3) is 5.66. The number of piperidine rings is 1. The first-order chi connectivity index (χ1) is 14.5. The Bertz CT molecular complexity index is 865. The highest BCUT2D eigenvalue weighted by molar-refractivity contribution is 5.94. The van der Waals surface area contributed by atoms with Crippen LogP contribution in [0.15, 0.2) is 48.5 Å². The maximum atomic E-state index is 13.2. The number of benzene rings is 2. The van der Waals surface area contributed by atoms with Gasteiger partial charge < -0.3 is 10.2 Å². The Morgan fingerprint density at radius 2 is 1.83 bits per heavy atom. The highest BCUT2D eigenvalue weighted by atomic mass is 19.1. The molecule has 1 aliphatic heterocycles. The molecular weight excluding hydrogens is 381 g/mol. The van der Waals surface area contributed by atoms with Gasteiger partial charge in [0, 0.05) is 18.8 Å². The number of halogens is 1. The first kappa shape index (κ1) is 22.0. The van der Waals surface area contributed by atoms with Crippen LogP contribution in [0.2, 0.25) is 0 Å². The van der Waals surface area contributed by atoms with Gasteiger partial charge in [-0.3, -0.25) is 14.5 Å². The topological polar surface area (TPSA) is 52.7 Å². The number of nitrogens with zero attached hydrogens (tertiary/aromatic N) is 2. The Labute approximate surface area is 177 Å². The van der Waals surface area contributed by atoms with Gasteiger partial charge in [0.05, 0.1) is 12.5 Å². The van der Waals surface area contributed by atoms with Gasteiger partial charge in [0.1, 0.15) is 5.82 Å². The monoisotopic (exact) mass is 411 g/mol. The van der Waals surface area contributed by atoms with Crippen molar-refractivity contribution in [1.29, 1.82) is 0 Å². The summed E-state index contributed by atoms with van der Waals surface area (Å²) < 4.78 is 13.2. The smallest absolute Gasteiger partial charge is 0.236 e. The Hall–Kier alpha value is -2.73. The quantitative estimate of drug-likeness (QED) is 0.749. The van der Waals surface area contributed by atoms with E-state index in [2.05, 4.69) is 10.2 Å². The van der Waals surface area contributed by atoms with E-state index in [1.54, 1.807) is 12.1 Å². The molecule has 2 amide bonds. The molecule has 1 N–H and O–H groups in total. The fourth-order valence-electron chi connectivity index (χ4n) is 3.82. The van der Waals surface area contributed by atoms with Gasteiger partial charge in [-0.1, -0.05) is 38.1 Å².